The minimum absolute atomic E-state index is 0.0478. The normalized spacial score (nSPS) is 14.1. The molecular formula is C36H38ClN3O4S. The van der Waals surface area contributed by atoms with Crippen LogP contribution in [0.4, 0.5) is 5.69 Å². The molecule has 0 spiro atoms. The number of halogens is 1. The Balaban J connectivity index is 1.57. The Hall–Kier alpha value is -4.14. The molecule has 0 radical (unpaired) electrons. The first-order valence-corrected chi connectivity index (χ1v) is 17.1. The van der Waals surface area contributed by atoms with Gasteiger partial charge in [0.25, 0.3) is 10.0 Å². The summed E-state index contributed by atoms with van der Waals surface area (Å²) in [5.41, 5.74) is 2.55. The van der Waals surface area contributed by atoms with Crippen LogP contribution >= 0.6 is 11.6 Å². The molecule has 1 saturated carbocycles. The van der Waals surface area contributed by atoms with Gasteiger partial charge in [0.05, 0.1) is 10.6 Å². The number of hydrogen-bond donors (Lipinski definition) is 1. The first-order chi connectivity index (χ1) is 21.7. The van der Waals surface area contributed by atoms with Crippen LogP contribution in [0.25, 0.3) is 0 Å². The minimum atomic E-state index is -4.19. The highest BCUT2D eigenvalue weighted by Crippen LogP contribution is 2.31. The van der Waals surface area contributed by atoms with Gasteiger partial charge in [-0.1, -0.05) is 109 Å². The van der Waals surface area contributed by atoms with E-state index in [1.807, 2.05) is 60.7 Å². The zero-order chi connectivity index (χ0) is 31.8. The van der Waals surface area contributed by atoms with E-state index in [1.54, 1.807) is 43.3 Å². The monoisotopic (exact) mass is 643 g/mol. The number of amides is 2. The van der Waals surface area contributed by atoms with Gasteiger partial charge in [-0.3, -0.25) is 13.9 Å². The standard InChI is InChI=1S/C36H38ClN3O4S/c1-27-32(37)22-13-23-33(27)40(45(43,44)31-20-9-4-10-21-31)26-35(41)39(25-29-16-7-3-8-17-29)34(24-28-14-5-2-6-15-28)36(42)38-30-18-11-12-19-30/h2-10,13-17,20-23,30,34H,11-12,18-19,24-26H2,1H3,(H,38,42)/t34-/m0/s1. The highest BCUT2D eigenvalue weighted by molar-refractivity contribution is 7.92. The van der Waals surface area contributed by atoms with E-state index in [0.29, 0.717) is 16.3 Å². The first kappa shape index (κ1) is 32.3. The van der Waals surface area contributed by atoms with Crippen LogP contribution in [0.5, 0.6) is 0 Å². The lowest BCUT2D eigenvalue weighted by molar-refractivity contribution is -0.140. The molecule has 0 bridgehead atoms. The smallest absolute Gasteiger partial charge is 0.264 e. The molecule has 2 amide bonds. The molecule has 7 nitrogen and oxygen atoms in total. The zero-order valence-corrected chi connectivity index (χ0v) is 26.9. The third kappa shape index (κ3) is 7.93. The lowest BCUT2D eigenvalue weighted by Gasteiger charge is -2.34. The molecule has 9 heteroatoms. The van der Waals surface area contributed by atoms with E-state index in [1.165, 1.54) is 17.0 Å². The minimum Gasteiger partial charge on any atom is -0.352 e. The molecular weight excluding hydrogens is 606 g/mol. The van der Waals surface area contributed by atoms with Gasteiger partial charge < -0.3 is 10.2 Å². The fourth-order valence-electron chi connectivity index (χ4n) is 5.80. The molecule has 1 aliphatic rings. The van der Waals surface area contributed by atoms with E-state index in [-0.39, 0.29) is 29.8 Å². The van der Waals surface area contributed by atoms with Crippen molar-refractivity contribution in [2.75, 3.05) is 10.8 Å². The largest absolute Gasteiger partial charge is 0.352 e. The SMILES string of the molecule is Cc1c(Cl)cccc1N(CC(=O)N(Cc1ccccc1)[C@@H](Cc1ccccc1)C(=O)NC1CCCC1)S(=O)(=O)c1ccccc1. The average molecular weight is 644 g/mol. The maximum absolute atomic E-state index is 14.6. The number of sulfonamides is 1. The molecule has 0 saturated heterocycles. The van der Waals surface area contributed by atoms with Crippen molar-refractivity contribution in [3.8, 4) is 0 Å². The highest BCUT2D eigenvalue weighted by atomic mass is 35.5. The summed E-state index contributed by atoms with van der Waals surface area (Å²) < 4.78 is 29.5. The molecule has 1 atom stereocenters. The Bertz CT molecular complexity index is 1700. The van der Waals surface area contributed by atoms with Gasteiger partial charge in [0, 0.05) is 24.0 Å². The van der Waals surface area contributed by atoms with E-state index in [0.717, 1.165) is 41.1 Å². The summed E-state index contributed by atoms with van der Waals surface area (Å²) in [6.45, 7) is 1.33. The topological polar surface area (TPSA) is 86.8 Å². The summed E-state index contributed by atoms with van der Waals surface area (Å²) in [4.78, 5) is 30.2. The van der Waals surface area contributed by atoms with Crippen molar-refractivity contribution in [1.82, 2.24) is 10.2 Å². The Morgan fingerprint density at radius 2 is 1.40 bits per heavy atom. The molecule has 0 aliphatic heterocycles. The summed E-state index contributed by atoms with van der Waals surface area (Å²) >= 11 is 6.45. The number of anilines is 1. The number of carbonyl (C=O) groups excluding carboxylic acids is 2. The van der Waals surface area contributed by atoms with Crippen LogP contribution in [-0.4, -0.2) is 43.8 Å². The van der Waals surface area contributed by atoms with E-state index in [2.05, 4.69) is 5.32 Å². The number of hydrogen-bond acceptors (Lipinski definition) is 4. The predicted octanol–water partition coefficient (Wildman–Crippen LogP) is 6.54. The van der Waals surface area contributed by atoms with Crippen molar-refractivity contribution in [3.63, 3.8) is 0 Å². The molecule has 234 valence electrons. The number of rotatable bonds is 12. The second kappa shape index (κ2) is 14.8. The van der Waals surface area contributed by atoms with Crippen molar-refractivity contribution in [2.45, 2.75) is 62.6 Å². The third-order valence-corrected chi connectivity index (χ3v) is 10.5. The van der Waals surface area contributed by atoms with Gasteiger partial charge in [-0.15, -0.1) is 0 Å². The molecule has 0 aromatic heterocycles. The number of carbonyl (C=O) groups is 2. The van der Waals surface area contributed by atoms with Crippen molar-refractivity contribution in [2.24, 2.45) is 0 Å². The molecule has 0 unspecified atom stereocenters. The van der Waals surface area contributed by atoms with Crippen LogP contribution in [0.15, 0.2) is 114 Å². The van der Waals surface area contributed by atoms with Gasteiger partial charge >= 0.3 is 0 Å². The maximum atomic E-state index is 14.6. The van der Waals surface area contributed by atoms with E-state index in [9.17, 15) is 18.0 Å². The van der Waals surface area contributed by atoms with Crippen molar-refractivity contribution >= 4 is 39.1 Å². The van der Waals surface area contributed by atoms with Crippen LogP contribution in [0.1, 0.15) is 42.4 Å². The van der Waals surface area contributed by atoms with E-state index in [4.69, 9.17) is 11.6 Å². The molecule has 4 aromatic rings. The van der Waals surface area contributed by atoms with Gasteiger partial charge in [-0.05, 0) is 60.7 Å². The van der Waals surface area contributed by atoms with Crippen LogP contribution in [-0.2, 0) is 32.6 Å². The van der Waals surface area contributed by atoms with Crippen molar-refractivity contribution < 1.29 is 18.0 Å². The summed E-state index contributed by atoms with van der Waals surface area (Å²) in [7, 11) is -4.19. The van der Waals surface area contributed by atoms with E-state index >= 15 is 0 Å². The Kier molecular flexibility index (Phi) is 10.6. The fourth-order valence-corrected chi connectivity index (χ4v) is 7.46. The summed E-state index contributed by atoms with van der Waals surface area (Å²) in [5, 5.41) is 3.58. The van der Waals surface area contributed by atoms with Gasteiger partial charge in [0.15, 0.2) is 0 Å². The second-order valence-corrected chi connectivity index (χ2v) is 13.7. The predicted molar refractivity (Wildman–Crippen MR) is 178 cm³/mol. The Morgan fingerprint density at radius 3 is 2.02 bits per heavy atom. The summed E-state index contributed by atoms with van der Waals surface area (Å²) in [5.74, 6) is -0.744. The van der Waals surface area contributed by atoms with Gasteiger partial charge in [-0.2, -0.15) is 0 Å². The summed E-state index contributed by atoms with van der Waals surface area (Å²) in [6.07, 6.45) is 4.17. The lowest BCUT2D eigenvalue weighted by atomic mass is 10.0. The van der Waals surface area contributed by atoms with Gasteiger partial charge in [0.2, 0.25) is 11.8 Å². The number of benzene rings is 4. The van der Waals surface area contributed by atoms with Crippen LogP contribution in [0, 0.1) is 6.92 Å². The van der Waals surface area contributed by atoms with Crippen LogP contribution in [0.3, 0.4) is 0 Å². The molecule has 1 N–H and O–H groups in total. The molecule has 1 aliphatic carbocycles. The Labute approximate surface area is 270 Å². The summed E-state index contributed by atoms with van der Waals surface area (Å²) in [6, 6.07) is 31.2. The molecule has 0 heterocycles. The highest BCUT2D eigenvalue weighted by Gasteiger charge is 2.36. The van der Waals surface area contributed by atoms with Crippen LogP contribution in [0.2, 0.25) is 5.02 Å². The third-order valence-electron chi connectivity index (χ3n) is 8.29. The number of nitrogens with zero attached hydrogens (tertiary/aromatic N) is 2. The fraction of sp³-hybridized carbons (Fsp3) is 0.278. The van der Waals surface area contributed by atoms with Crippen molar-refractivity contribution in [3.05, 3.63) is 131 Å². The molecule has 1 fully saturated rings. The quantitative estimate of drug-likeness (QED) is 0.190. The van der Waals surface area contributed by atoms with E-state index < -0.39 is 28.5 Å². The zero-order valence-electron chi connectivity index (χ0n) is 25.3. The Morgan fingerprint density at radius 1 is 0.822 bits per heavy atom. The molecule has 5 rings (SSSR count). The maximum Gasteiger partial charge on any atom is 0.264 e. The first-order valence-electron chi connectivity index (χ1n) is 15.2. The molecule has 45 heavy (non-hydrogen) atoms. The van der Waals surface area contributed by atoms with Crippen molar-refractivity contribution in [1.29, 1.82) is 0 Å². The lowest BCUT2D eigenvalue weighted by Crippen LogP contribution is -2.54. The van der Waals surface area contributed by atoms with Gasteiger partial charge in [0.1, 0.15) is 12.6 Å². The average Bonchev–Trinajstić information content (AvgIpc) is 3.57. The second-order valence-electron chi connectivity index (χ2n) is 11.4. The molecule has 4 aromatic carbocycles. The van der Waals surface area contributed by atoms with Gasteiger partial charge in [-0.25, -0.2) is 8.42 Å². The van der Waals surface area contributed by atoms with Crippen LogP contribution < -0.4 is 9.62 Å². The number of nitrogens with one attached hydrogen (secondary N) is 1.